The summed E-state index contributed by atoms with van der Waals surface area (Å²) in [5, 5.41) is 16.3. The van der Waals surface area contributed by atoms with Crippen LogP contribution in [0.5, 0.6) is 5.75 Å². The first-order valence-corrected chi connectivity index (χ1v) is 10.1. The molecule has 1 heterocycles. The number of carboxylic acid groups (broad SMARTS) is 1. The highest BCUT2D eigenvalue weighted by atomic mass is 16.5. The molecule has 0 aliphatic carbocycles. The quantitative estimate of drug-likeness (QED) is 0.456. The zero-order chi connectivity index (χ0) is 23.7. The van der Waals surface area contributed by atoms with Gasteiger partial charge in [0.1, 0.15) is 11.4 Å². The fraction of sp³-hybridized carbons (Fsp3) is 0.292. The van der Waals surface area contributed by atoms with E-state index in [1.807, 2.05) is 69.3 Å². The van der Waals surface area contributed by atoms with Gasteiger partial charge in [0.25, 0.3) is 0 Å². The summed E-state index contributed by atoms with van der Waals surface area (Å²) in [6, 6.07) is 15.9. The summed E-state index contributed by atoms with van der Waals surface area (Å²) in [7, 11) is 1.65. The van der Waals surface area contributed by atoms with Gasteiger partial charge in [-0.1, -0.05) is 41.6 Å². The molecule has 170 valence electrons. The summed E-state index contributed by atoms with van der Waals surface area (Å²) in [6.07, 6.45) is 0.340. The highest BCUT2D eigenvalue weighted by Crippen LogP contribution is 2.31. The Bertz CT molecular complexity index is 1040. The van der Waals surface area contributed by atoms with Crippen molar-refractivity contribution in [1.29, 1.82) is 0 Å². The van der Waals surface area contributed by atoms with Crippen LogP contribution in [0.3, 0.4) is 0 Å². The molecule has 8 nitrogen and oxygen atoms in total. The Morgan fingerprint density at radius 2 is 1.81 bits per heavy atom. The molecule has 0 bridgehead atoms. The van der Waals surface area contributed by atoms with Gasteiger partial charge < -0.3 is 25.4 Å². The number of amides is 1. The van der Waals surface area contributed by atoms with Crippen LogP contribution in [0.15, 0.2) is 53.1 Å². The Morgan fingerprint density at radius 1 is 1.19 bits per heavy atom. The lowest BCUT2D eigenvalue weighted by molar-refractivity contribution is -0.136. The van der Waals surface area contributed by atoms with Gasteiger partial charge in [-0.3, -0.25) is 9.59 Å². The van der Waals surface area contributed by atoms with Gasteiger partial charge in [0.2, 0.25) is 6.41 Å². The van der Waals surface area contributed by atoms with Crippen LogP contribution in [0.2, 0.25) is 0 Å². The number of nitrogens with zero attached hydrogens (tertiary/aromatic N) is 1. The van der Waals surface area contributed by atoms with Crippen molar-refractivity contribution in [2.75, 3.05) is 13.7 Å². The number of aryl methyl sites for hydroxylation is 1. The van der Waals surface area contributed by atoms with Crippen LogP contribution in [-0.4, -0.2) is 36.3 Å². The molecule has 8 heteroatoms. The molecular weight excluding hydrogens is 410 g/mol. The number of hydrogen-bond acceptors (Lipinski definition) is 6. The molecular formula is C24H29N3O5. The number of rotatable bonds is 8. The van der Waals surface area contributed by atoms with Crippen LogP contribution in [0.25, 0.3) is 22.6 Å². The molecule has 0 atom stereocenters. The summed E-state index contributed by atoms with van der Waals surface area (Å²) in [4.78, 5) is 19.3. The van der Waals surface area contributed by atoms with Crippen molar-refractivity contribution in [3.63, 3.8) is 0 Å². The van der Waals surface area contributed by atoms with Crippen molar-refractivity contribution in [3.05, 3.63) is 59.7 Å². The molecule has 3 rings (SSSR count). The molecule has 2 aromatic carbocycles. The molecule has 1 aromatic heterocycles. The third kappa shape index (κ3) is 6.42. The number of primary amides is 1. The SMILES string of the molecule is COc1cc(-c2cc(-c3ccc(C(C)(C)NCCC(=O)O)cc3)no2)ccc1C.NC=O. The van der Waals surface area contributed by atoms with E-state index in [4.69, 9.17) is 19.2 Å². The number of carboxylic acids is 1. The Morgan fingerprint density at radius 3 is 2.41 bits per heavy atom. The Balaban J connectivity index is 0.00000114. The largest absolute Gasteiger partial charge is 0.496 e. The first kappa shape index (κ1) is 24.6. The van der Waals surface area contributed by atoms with Crippen molar-refractivity contribution in [2.24, 2.45) is 5.73 Å². The lowest BCUT2D eigenvalue weighted by atomic mass is 9.93. The second-order valence-electron chi connectivity index (χ2n) is 7.67. The maximum Gasteiger partial charge on any atom is 0.304 e. The Labute approximate surface area is 187 Å². The van der Waals surface area contributed by atoms with Crippen LogP contribution < -0.4 is 15.8 Å². The van der Waals surface area contributed by atoms with E-state index in [1.165, 1.54) is 0 Å². The summed E-state index contributed by atoms with van der Waals surface area (Å²) < 4.78 is 10.9. The number of carbonyl (C=O) groups excluding carboxylic acids is 1. The first-order chi connectivity index (χ1) is 15.2. The number of aromatic nitrogens is 1. The third-order valence-electron chi connectivity index (χ3n) is 5.01. The summed E-state index contributed by atoms with van der Waals surface area (Å²) in [5.74, 6) is 0.678. The van der Waals surface area contributed by atoms with Gasteiger partial charge in [0.05, 0.1) is 13.5 Å². The third-order valence-corrected chi connectivity index (χ3v) is 5.01. The number of nitrogens with one attached hydrogen (secondary N) is 1. The van der Waals surface area contributed by atoms with E-state index in [9.17, 15) is 4.79 Å². The van der Waals surface area contributed by atoms with Crippen molar-refractivity contribution >= 4 is 12.4 Å². The van der Waals surface area contributed by atoms with E-state index >= 15 is 0 Å². The average molecular weight is 440 g/mol. The number of aliphatic carboxylic acids is 1. The van der Waals surface area contributed by atoms with Gasteiger partial charge in [-0.15, -0.1) is 0 Å². The van der Waals surface area contributed by atoms with Gasteiger partial charge in [-0.25, -0.2) is 0 Å². The highest BCUT2D eigenvalue weighted by molar-refractivity contribution is 5.68. The number of methoxy groups -OCH3 is 1. The van der Waals surface area contributed by atoms with Gasteiger partial charge in [-0.05, 0) is 38.0 Å². The zero-order valence-electron chi connectivity index (χ0n) is 18.7. The van der Waals surface area contributed by atoms with Gasteiger partial charge in [0, 0.05) is 29.3 Å². The van der Waals surface area contributed by atoms with Gasteiger partial charge >= 0.3 is 5.97 Å². The Kier molecular flexibility index (Phi) is 8.54. The monoisotopic (exact) mass is 439 g/mol. The van der Waals surface area contributed by atoms with Crippen LogP contribution in [0.4, 0.5) is 0 Å². The molecule has 0 spiro atoms. The first-order valence-electron chi connectivity index (χ1n) is 10.1. The predicted molar refractivity (Wildman–Crippen MR) is 122 cm³/mol. The number of carbonyl (C=O) groups is 2. The second-order valence-corrected chi connectivity index (χ2v) is 7.67. The maximum atomic E-state index is 10.7. The fourth-order valence-corrected chi connectivity index (χ4v) is 3.16. The molecule has 0 fully saturated rings. The lowest BCUT2D eigenvalue weighted by Crippen LogP contribution is -2.37. The number of benzene rings is 2. The van der Waals surface area contributed by atoms with Gasteiger partial charge in [-0.2, -0.15) is 0 Å². The molecule has 0 saturated heterocycles. The van der Waals surface area contributed by atoms with E-state index < -0.39 is 5.97 Å². The topological polar surface area (TPSA) is 128 Å². The molecule has 0 saturated carbocycles. The summed E-state index contributed by atoms with van der Waals surface area (Å²) in [6.45, 7) is 6.47. The lowest BCUT2D eigenvalue weighted by Gasteiger charge is -2.27. The standard InChI is InChI=1S/C23H26N2O4.CH3NO/c1-15-5-6-17(13-20(15)28-4)21-14-19(25-29-21)16-7-9-18(10-8-16)23(2,3)24-12-11-22(26)27;2-1-3/h5-10,13-14,24H,11-12H2,1-4H3,(H,26,27);1H,(H2,2,3). The number of nitrogens with two attached hydrogens (primary N) is 1. The molecule has 1 amide bonds. The fourth-order valence-electron chi connectivity index (χ4n) is 3.16. The second kappa shape index (κ2) is 11.1. The number of hydrogen-bond donors (Lipinski definition) is 3. The molecule has 0 unspecified atom stereocenters. The minimum Gasteiger partial charge on any atom is -0.496 e. The average Bonchev–Trinajstić information content (AvgIpc) is 3.24. The van der Waals surface area contributed by atoms with Crippen molar-refractivity contribution in [1.82, 2.24) is 10.5 Å². The minimum atomic E-state index is -0.809. The molecule has 0 aliphatic heterocycles. The summed E-state index contributed by atoms with van der Waals surface area (Å²) >= 11 is 0. The van der Waals surface area contributed by atoms with Crippen LogP contribution in [-0.2, 0) is 15.1 Å². The highest BCUT2D eigenvalue weighted by Gasteiger charge is 2.20. The van der Waals surface area contributed by atoms with E-state index in [1.54, 1.807) is 7.11 Å². The molecule has 3 aromatic rings. The normalized spacial score (nSPS) is 10.8. The number of ether oxygens (including phenoxy) is 1. The Hall–Kier alpha value is -3.65. The van der Waals surface area contributed by atoms with Gasteiger partial charge in [0.15, 0.2) is 5.76 Å². The summed E-state index contributed by atoms with van der Waals surface area (Å²) in [5.41, 5.74) is 8.57. The predicted octanol–water partition coefficient (Wildman–Crippen LogP) is 3.73. The van der Waals surface area contributed by atoms with Crippen molar-refractivity contribution in [3.8, 4) is 28.3 Å². The van der Waals surface area contributed by atoms with E-state index in [2.05, 4.69) is 16.2 Å². The molecule has 0 aliphatic rings. The van der Waals surface area contributed by atoms with E-state index in [-0.39, 0.29) is 18.4 Å². The van der Waals surface area contributed by atoms with Crippen molar-refractivity contribution < 1.29 is 24.0 Å². The minimum absolute atomic E-state index is 0.0903. The van der Waals surface area contributed by atoms with E-state index in [0.29, 0.717) is 12.3 Å². The smallest absolute Gasteiger partial charge is 0.304 e. The molecule has 32 heavy (non-hydrogen) atoms. The maximum absolute atomic E-state index is 10.7. The van der Waals surface area contributed by atoms with E-state index in [0.717, 1.165) is 33.7 Å². The van der Waals surface area contributed by atoms with Crippen LogP contribution >= 0.6 is 0 Å². The molecule has 4 N–H and O–H groups in total. The molecule has 0 radical (unpaired) electrons. The van der Waals surface area contributed by atoms with Crippen molar-refractivity contribution in [2.45, 2.75) is 32.7 Å². The van der Waals surface area contributed by atoms with Crippen LogP contribution in [0, 0.1) is 6.92 Å². The van der Waals surface area contributed by atoms with Crippen LogP contribution in [0.1, 0.15) is 31.4 Å². The zero-order valence-corrected chi connectivity index (χ0v) is 18.7.